The summed E-state index contributed by atoms with van der Waals surface area (Å²) in [5, 5.41) is 13.5. The summed E-state index contributed by atoms with van der Waals surface area (Å²) in [6.07, 6.45) is 0. The maximum Gasteiger partial charge on any atom is 0.0978 e. The Balaban J connectivity index is 1.83. The van der Waals surface area contributed by atoms with Gasteiger partial charge < -0.3 is 16.2 Å². The topological polar surface area (TPSA) is 70.6 Å². The summed E-state index contributed by atoms with van der Waals surface area (Å²) in [6, 6.07) is 13.7. The standard InChI is InChI=1S/C16H17N3OS/c17-14-8-11(10-20)4-5-15(14)19-13-3-1-2-12(9-13)16-18-6-7-21-16/h1-5,8-9,19-20H,6-7,10,17H2. The van der Waals surface area contributed by atoms with Crippen LogP contribution in [0.2, 0.25) is 0 Å². The molecule has 0 aromatic heterocycles. The van der Waals surface area contributed by atoms with Crippen LogP contribution in [0.1, 0.15) is 11.1 Å². The van der Waals surface area contributed by atoms with Gasteiger partial charge in [-0.25, -0.2) is 0 Å². The second-order valence-electron chi connectivity index (χ2n) is 4.82. The van der Waals surface area contributed by atoms with Gasteiger partial charge in [-0.05, 0) is 29.8 Å². The summed E-state index contributed by atoms with van der Waals surface area (Å²) in [7, 11) is 0. The monoisotopic (exact) mass is 299 g/mol. The van der Waals surface area contributed by atoms with E-state index in [9.17, 15) is 0 Å². The van der Waals surface area contributed by atoms with Gasteiger partial charge in [0.1, 0.15) is 0 Å². The fourth-order valence-corrected chi connectivity index (χ4v) is 3.07. The first-order valence-electron chi connectivity index (χ1n) is 6.80. The van der Waals surface area contributed by atoms with Gasteiger partial charge in [-0.1, -0.05) is 18.2 Å². The third kappa shape index (κ3) is 3.20. The molecule has 1 heterocycles. The minimum Gasteiger partial charge on any atom is -0.397 e. The number of aliphatic hydroxyl groups is 1. The molecular formula is C16H17N3OS. The van der Waals surface area contributed by atoms with E-state index in [1.165, 1.54) is 0 Å². The molecule has 2 aromatic rings. The Morgan fingerprint density at radius 2 is 2.14 bits per heavy atom. The quantitative estimate of drug-likeness (QED) is 0.759. The van der Waals surface area contributed by atoms with Gasteiger partial charge in [-0.3, -0.25) is 4.99 Å². The highest BCUT2D eigenvalue weighted by atomic mass is 32.2. The number of thioether (sulfide) groups is 1. The highest BCUT2D eigenvalue weighted by Gasteiger charge is 2.10. The molecule has 0 radical (unpaired) electrons. The number of hydrogen-bond donors (Lipinski definition) is 3. The molecule has 2 aromatic carbocycles. The Kier molecular flexibility index (Phi) is 4.13. The Morgan fingerprint density at radius 1 is 1.24 bits per heavy atom. The zero-order valence-electron chi connectivity index (χ0n) is 11.5. The molecule has 108 valence electrons. The van der Waals surface area contributed by atoms with E-state index < -0.39 is 0 Å². The van der Waals surface area contributed by atoms with E-state index in [2.05, 4.69) is 22.4 Å². The van der Waals surface area contributed by atoms with Crippen molar-refractivity contribution in [3.05, 3.63) is 53.6 Å². The number of nitrogens with two attached hydrogens (primary N) is 1. The Morgan fingerprint density at radius 3 is 2.86 bits per heavy atom. The van der Waals surface area contributed by atoms with Crippen LogP contribution in [0.25, 0.3) is 0 Å². The van der Waals surface area contributed by atoms with Crippen LogP contribution < -0.4 is 11.1 Å². The van der Waals surface area contributed by atoms with E-state index in [0.29, 0.717) is 5.69 Å². The largest absolute Gasteiger partial charge is 0.397 e. The van der Waals surface area contributed by atoms with Crippen molar-refractivity contribution in [2.45, 2.75) is 6.61 Å². The Bertz CT molecular complexity index is 685. The molecule has 0 aliphatic carbocycles. The zero-order valence-corrected chi connectivity index (χ0v) is 12.4. The van der Waals surface area contributed by atoms with Gasteiger partial charge in [0.15, 0.2) is 0 Å². The number of nitrogens with one attached hydrogen (secondary N) is 1. The van der Waals surface area contributed by atoms with Gasteiger partial charge in [-0.2, -0.15) is 0 Å². The molecule has 0 amide bonds. The number of anilines is 3. The summed E-state index contributed by atoms with van der Waals surface area (Å²) in [5.74, 6) is 1.06. The van der Waals surface area contributed by atoms with Crippen LogP contribution in [0.4, 0.5) is 17.1 Å². The number of aliphatic hydroxyl groups excluding tert-OH is 1. The number of nitrogens with zero attached hydrogens (tertiary/aromatic N) is 1. The van der Waals surface area contributed by atoms with Crippen LogP contribution in [0.3, 0.4) is 0 Å². The van der Waals surface area contributed by atoms with Crippen LogP contribution in [0, 0.1) is 0 Å². The molecule has 0 spiro atoms. The molecule has 21 heavy (non-hydrogen) atoms. The van der Waals surface area contributed by atoms with Crippen LogP contribution in [-0.4, -0.2) is 22.4 Å². The van der Waals surface area contributed by atoms with Crippen LogP contribution in [0.5, 0.6) is 0 Å². The summed E-state index contributed by atoms with van der Waals surface area (Å²) >= 11 is 1.79. The predicted octanol–water partition coefficient (Wildman–Crippen LogP) is 3.00. The summed E-state index contributed by atoms with van der Waals surface area (Å²) in [4.78, 5) is 4.49. The minimum absolute atomic E-state index is 0.00296. The average molecular weight is 299 g/mol. The normalized spacial score (nSPS) is 14.0. The van der Waals surface area contributed by atoms with Crippen molar-refractivity contribution in [2.75, 3.05) is 23.3 Å². The average Bonchev–Trinajstić information content (AvgIpc) is 3.04. The fourth-order valence-electron chi connectivity index (χ4n) is 2.22. The molecule has 0 fully saturated rings. The minimum atomic E-state index is -0.00296. The van der Waals surface area contributed by atoms with Crippen LogP contribution >= 0.6 is 11.8 Å². The van der Waals surface area contributed by atoms with Gasteiger partial charge in [0, 0.05) is 23.5 Å². The van der Waals surface area contributed by atoms with E-state index in [1.807, 2.05) is 24.3 Å². The van der Waals surface area contributed by atoms with Crippen molar-refractivity contribution >= 4 is 33.9 Å². The molecule has 0 saturated carbocycles. The van der Waals surface area contributed by atoms with E-state index in [0.717, 1.165) is 39.8 Å². The first kappa shape index (κ1) is 14.0. The lowest BCUT2D eigenvalue weighted by Crippen LogP contribution is -1.99. The lowest BCUT2D eigenvalue weighted by Gasteiger charge is -2.11. The van der Waals surface area contributed by atoms with Crippen molar-refractivity contribution < 1.29 is 5.11 Å². The van der Waals surface area contributed by atoms with Crippen molar-refractivity contribution in [3.8, 4) is 0 Å². The van der Waals surface area contributed by atoms with Gasteiger partial charge >= 0.3 is 0 Å². The second kappa shape index (κ2) is 6.20. The van der Waals surface area contributed by atoms with Crippen molar-refractivity contribution in [2.24, 2.45) is 4.99 Å². The lowest BCUT2D eigenvalue weighted by atomic mass is 10.1. The number of nitrogen functional groups attached to an aromatic ring is 1. The van der Waals surface area contributed by atoms with Crippen molar-refractivity contribution in [1.82, 2.24) is 0 Å². The highest BCUT2D eigenvalue weighted by Crippen LogP contribution is 2.26. The first-order chi connectivity index (χ1) is 10.3. The van der Waals surface area contributed by atoms with Crippen LogP contribution in [-0.2, 0) is 6.61 Å². The van der Waals surface area contributed by atoms with Gasteiger partial charge in [0.05, 0.1) is 23.0 Å². The third-order valence-electron chi connectivity index (χ3n) is 3.27. The highest BCUT2D eigenvalue weighted by molar-refractivity contribution is 8.14. The molecule has 1 aliphatic rings. The molecule has 5 heteroatoms. The van der Waals surface area contributed by atoms with E-state index >= 15 is 0 Å². The van der Waals surface area contributed by atoms with Crippen molar-refractivity contribution in [3.63, 3.8) is 0 Å². The number of rotatable bonds is 4. The SMILES string of the molecule is Nc1cc(CO)ccc1Nc1cccc(C2=NCCS2)c1. The molecule has 4 nitrogen and oxygen atoms in total. The maximum atomic E-state index is 9.11. The molecule has 1 aliphatic heterocycles. The lowest BCUT2D eigenvalue weighted by molar-refractivity contribution is 0.282. The zero-order chi connectivity index (χ0) is 14.7. The molecule has 0 unspecified atom stereocenters. The first-order valence-corrected chi connectivity index (χ1v) is 7.79. The van der Waals surface area contributed by atoms with Gasteiger partial charge in [0.2, 0.25) is 0 Å². The molecule has 0 atom stereocenters. The smallest absolute Gasteiger partial charge is 0.0978 e. The number of benzene rings is 2. The molecule has 3 rings (SSSR count). The summed E-state index contributed by atoms with van der Waals surface area (Å²) in [5.41, 5.74) is 10.4. The predicted molar refractivity (Wildman–Crippen MR) is 90.4 cm³/mol. The number of hydrogen-bond acceptors (Lipinski definition) is 5. The summed E-state index contributed by atoms with van der Waals surface area (Å²) in [6.45, 7) is 0.893. The molecule has 0 bridgehead atoms. The van der Waals surface area contributed by atoms with Crippen molar-refractivity contribution in [1.29, 1.82) is 0 Å². The Labute approximate surface area is 128 Å². The van der Waals surface area contributed by atoms with E-state index in [4.69, 9.17) is 10.8 Å². The molecule has 0 saturated heterocycles. The Hall–Kier alpha value is -1.98. The fraction of sp³-hybridized carbons (Fsp3) is 0.188. The number of aliphatic imine (C=N–C) groups is 1. The summed E-state index contributed by atoms with van der Waals surface area (Å²) < 4.78 is 0. The van der Waals surface area contributed by atoms with Gasteiger partial charge in [-0.15, -0.1) is 11.8 Å². The maximum absolute atomic E-state index is 9.11. The van der Waals surface area contributed by atoms with Gasteiger partial charge in [0.25, 0.3) is 0 Å². The molecule has 4 N–H and O–H groups in total. The van der Waals surface area contributed by atoms with E-state index in [-0.39, 0.29) is 6.61 Å². The molecular weight excluding hydrogens is 282 g/mol. The second-order valence-corrected chi connectivity index (χ2v) is 5.90. The van der Waals surface area contributed by atoms with Crippen LogP contribution in [0.15, 0.2) is 47.5 Å². The third-order valence-corrected chi connectivity index (χ3v) is 4.30. The van der Waals surface area contributed by atoms with E-state index in [1.54, 1.807) is 17.8 Å².